The van der Waals surface area contributed by atoms with Crippen molar-refractivity contribution in [1.82, 2.24) is 4.98 Å². The first-order valence-electron chi connectivity index (χ1n) is 5.76. The number of halogens is 1. The molecule has 6 heteroatoms. The number of amides is 1. The second-order valence-corrected chi connectivity index (χ2v) is 5.05. The van der Waals surface area contributed by atoms with Crippen molar-refractivity contribution in [2.24, 2.45) is 0 Å². The third kappa shape index (κ3) is 3.75. The topological polar surface area (TPSA) is 54.0 Å². The largest absolute Gasteiger partial charge is 0.376 e. The summed E-state index contributed by atoms with van der Waals surface area (Å²) in [5.41, 5.74) is 1.86. The molecule has 0 spiro atoms. The normalized spacial score (nSPS) is 10.3. The van der Waals surface area contributed by atoms with E-state index in [-0.39, 0.29) is 11.7 Å². The number of hydrogen-bond acceptors (Lipinski definition) is 4. The molecule has 1 aromatic heterocycles. The van der Waals surface area contributed by atoms with Gasteiger partial charge in [0.1, 0.15) is 10.8 Å². The Kier molecular flexibility index (Phi) is 4.11. The highest BCUT2D eigenvalue weighted by Gasteiger charge is 2.05. The van der Waals surface area contributed by atoms with Gasteiger partial charge in [-0.2, -0.15) is 0 Å². The van der Waals surface area contributed by atoms with Gasteiger partial charge in [0.25, 0.3) is 0 Å². The van der Waals surface area contributed by atoms with Crippen molar-refractivity contribution >= 4 is 28.6 Å². The zero-order chi connectivity index (χ0) is 13.8. The van der Waals surface area contributed by atoms with Gasteiger partial charge < -0.3 is 10.6 Å². The molecule has 0 aliphatic carbocycles. The van der Waals surface area contributed by atoms with Gasteiger partial charge >= 0.3 is 0 Å². The van der Waals surface area contributed by atoms with E-state index in [2.05, 4.69) is 15.6 Å². The lowest BCUT2D eigenvalue weighted by Gasteiger charge is -2.08. The zero-order valence-electron chi connectivity index (χ0n) is 10.7. The first kappa shape index (κ1) is 13.5. The highest BCUT2D eigenvalue weighted by molar-refractivity contribution is 7.09. The van der Waals surface area contributed by atoms with Crippen molar-refractivity contribution in [2.75, 3.05) is 10.6 Å². The minimum absolute atomic E-state index is 0.187. The highest BCUT2D eigenvalue weighted by atomic mass is 32.1. The molecule has 0 bridgehead atoms. The van der Waals surface area contributed by atoms with Gasteiger partial charge in [-0.15, -0.1) is 11.3 Å². The van der Waals surface area contributed by atoms with Crippen molar-refractivity contribution < 1.29 is 9.18 Å². The zero-order valence-corrected chi connectivity index (χ0v) is 11.5. The molecule has 0 aliphatic rings. The molecule has 2 aromatic rings. The van der Waals surface area contributed by atoms with Crippen LogP contribution in [0.3, 0.4) is 0 Å². The predicted octanol–water partition coefficient (Wildman–Crippen LogP) is 3.16. The van der Waals surface area contributed by atoms with Gasteiger partial charge in [0.2, 0.25) is 5.91 Å². The molecule has 2 N–H and O–H groups in total. The van der Waals surface area contributed by atoms with Crippen LogP contribution in [-0.4, -0.2) is 10.9 Å². The van der Waals surface area contributed by atoms with E-state index in [0.717, 1.165) is 10.7 Å². The molecule has 1 aromatic carbocycles. The molecule has 100 valence electrons. The number of carbonyl (C=O) groups is 1. The van der Waals surface area contributed by atoms with E-state index in [1.807, 2.05) is 12.3 Å². The number of benzene rings is 1. The van der Waals surface area contributed by atoms with Crippen LogP contribution in [0.15, 0.2) is 23.6 Å². The van der Waals surface area contributed by atoms with Gasteiger partial charge in [-0.1, -0.05) is 0 Å². The summed E-state index contributed by atoms with van der Waals surface area (Å²) < 4.78 is 13.6. The molecule has 4 nitrogen and oxygen atoms in total. The molecule has 0 atom stereocenters. The van der Waals surface area contributed by atoms with E-state index in [1.54, 1.807) is 6.07 Å². The molecule has 1 amide bonds. The maximum absolute atomic E-state index is 13.6. The summed E-state index contributed by atoms with van der Waals surface area (Å²) in [5.74, 6) is -0.546. The molecular weight excluding hydrogens is 265 g/mol. The van der Waals surface area contributed by atoms with Gasteiger partial charge in [0, 0.05) is 23.7 Å². The van der Waals surface area contributed by atoms with Crippen LogP contribution in [0.25, 0.3) is 0 Å². The van der Waals surface area contributed by atoms with Crippen LogP contribution in [0.4, 0.5) is 15.8 Å². The van der Waals surface area contributed by atoms with Crippen molar-refractivity contribution in [3.05, 3.63) is 40.1 Å². The van der Waals surface area contributed by atoms with Gasteiger partial charge in [-0.3, -0.25) is 4.79 Å². The van der Waals surface area contributed by atoms with E-state index >= 15 is 0 Å². The van der Waals surface area contributed by atoms with Crippen LogP contribution in [0.2, 0.25) is 0 Å². The fourth-order valence-electron chi connectivity index (χ4n) is 1.60. The molecule has 0 fully saturated rings. The molecule has 1 heterocycles. The molecule has 0 radical (unpaired) electrons. The maximum Gasteiger partial charge on any atom is 0.221 e. The number of aryl methyl sites for hydroxylation is 1. The maximum atomic E-state index is 13.6. The average Bonchev–Trinajstić information content (AvgIpc) is 2.75. The smallest absolute Gasteiger partial charge is 0.221 e. The molecule has 0 saturated carbocycles. The number of thiazole rings is 1. The number of nitrogens with one attached hydrogen (secondary N) is 2. The quantitative estimate of drug-likeness (QED) is 0.904. The lowest BCUT2D eigenvalue weighted by Crippen LogP contribution is -2.07. The van der Waals surface area contributed by atoms with Crippen LogP contribution in [0.1, 0.15) is 17.6 Å². The lowest BCUT2D eigenvalue weighted by molar-refractivity contribution is -0.114. The summed E-state index contributed by atoms with van der Waals surface area (Å²) in [6.45, 7) is 3.78. The number of carbonyl (C=O) groups excluding carboxylic acids is 1. The number of hydrogen-bond donors (Lipinski definition) is 2. The summed E-state index contributed by atoms with van der Waals surface area (Å²) in [5, 5.41) is 8.43. The van der Waals surface area contributed by atoms with Crippen LogP contribution in [-0.2, 0) is 11.3 Å². The van der Waals surface area contributed by atoms with Gasteiger partial charge in [-0.05, 0) is 25.1 Å². The minimum atomic E-state index is -0.359. The SMILES string of the molecule is CC(=O)Nc1ccc(F)c(NCc2nc(C)cs2)c1. The summed E-state index contributed by atoms with van der Waals surface area (Å²) in [6, 6.07) is 4.41. The second-order valence-electron chi connectivity index (χ2n) is 4.11. The highest BCUT2D eigenvalue weighted by Crippen LogP contribution is 2.21. The van der Waals surface area contributed by atoms with Crippen molar-refractivity contribution in [3.8, 4) is 0 Å². The summed E-state index contributed by atoms with van der Waals surface area (Å²) in [7, 11) is 0. The Morgan fingerprint density at radius 3 is 2.89 bits per heavy atom. The molecule has 0 aliphatic heterocycles. The fraction of sp³-hybridized carbons (Fsp3) is 0.231. The van der Waals surface area contributed by atoms with E-state index in [1.165, 1.54) is 30.4 Å². The Bertz CT molecular complexity index is 597. The third-order valence-corrected chi connectivity index (χ3v) is 3.35. The van der Waals surface area contributed by atoms with E-state index < -0.39 is 0 Å². The first-order valence-corrected chi connectivity index (χ1v) is 6.64. The Balaban J connectivity index is 2.08. The van der Waals surface area contributed by atoms with Crippen LogP contribution in [0, 0.1) is 12.7 Å². The van der Waals surface area contributed by atoms with Crippen LogP contribution in [0.5, 0.6) is 0 Å². The third-order valence-electron chi connectivity index (χ3n) is 2.38. The van der Waals surface area contributed by atoms with Crippen molar-refractivity contribution in [3.63, 3.8) is 0 Å². The van der Waals surface area contributed by atoms with E-state index in [9.17, 15) is 9.18 Å². The number of nitrogens with zero attached hydrogens (tertiary/aromatic N) is 1. The second kappa shape index (κ2) is 5.79. The minimum Gasteiger partial charge on any atom is -0.376 e. The summed E-state index contributed by atoms with van der Waals surface area (Å²) >= 11 is 1.52. The molecule has 0 unspecified atom stereocenters. The van der Waals surface area contributed by atoms with Crippen molar-refractivity contribution in [1.29, 1.82) is 0 Å². The fourth-order valence-corrected chi connectivity index (χ4v) is 2.31. The standard InChI is InChI=1S/C13H14FN3OS/c1-8-7-19-13(16-8)6-15-12-5-10(17-9(2)18)3-4-11(12)14/h3-5,7,15H,6H2,1-2H3,(H,17,18). The Hall–Kier alpha value is -1.95. The summed E-state index contributed by atoms with van der Waals surface area (Å²) in [4.78, 5) is 15.2. The van der Waals surface area contributed by atoms with Crippen LogP contribution < -0.4 is 10.6 Å². The van der Waals surface area contributed by atoms with Crippen molar-refractivity contribution in [2.45, 2.75) is 20.4 Å². The van der Waals surface area contributed by atoms with Gasteiger partial charge in [-0.25, -0.2) is 9.37 Å². The van der Waals surface area contributed by atoms with Gasteiger partial charge in [0.05, 0.1) is 12.2 Å². The summed E-state index contributed by atoms with van der Waals surface area (Å²) in [6.07, 6.45) is 0. The van der Waals surface area contributed by atoms with E-state index in [4.69, 9.17) is 0 Å². The average molecular weight is 279 g/mol. The Labute approximate surface area is 114 Å². The van der Waals surface area contributed by atoms with E-state index in [0.29, 0.717) is 17.9 Å². The Morgan fingerprint density at radius 2 is 2.26 bits per heavy atom. The lowest BCUT2D eigenvalue weighted by atomic mass is 10.2. The van der Waals surface area contributed by atoms with Gasteiger partial charge in [0.15, 0.2) is 0 Å². The monoisotopic (exact) mass is 279 g/mol. The molecule has 0 saturated heterocycles. The molecular formula is C13H14FN3OS. The number of anilines is 2. The number of aromatic nitrogens is 1. The first-order chi connectivity index (χ1) is 9.04. The van der Waals surface area contributed by atoms with Crippen LogP contribution >= 0.6 is 11.3 Å². The predicted molar refractivity (Wildman–Crippen MR) is 74.9 cm³/mol. The molecule has 2 rings (SSSR count). The molecule has 19 heavy (non-hydrogen) atoms. The number of rotatable bonds is 4. The Morgan fingerprint density at radius 1 is 1.47 bits per heavy atom.